The van der Waals surface area contributed by atoms with Gasteiger partial charge in [0.1, 0.15) is 5.82 Å². The number of hydrogen-bond acceptors (Lipinski definition) is 4. The van der Waals surface area contributed by atoms with E-state index in [4.69, 9.17) is 0 Å². The van der Waals surface area contributed by atoms with Gasteiger partial charge in [-0.15, -0.1) is 5.10 Å². The minimum absolute atomic E-state index is 0.112. The van der Waals surface area contributed by atoms with Gasteiger partial charge < -0.3 is 0 Å². The largest absolute Gasteiger partial charge is 0.291 e. The van der Waals surface area contributed by atoms with Gasteiger partial charge >= 0.3 is 0 Å². The van der Waals surface area contributed by atoms with Crippen molar-refractivity contribution in [2.24, 2.45) is 0 Å². The molecule has 0 saturated heterocycles. The van der Waals surface area contributed by atoms with E-state index in [0.717, 1.165) is 10.0 Å². The molecule has 2 heterocycles. The fraction of sp³-hybridized carbons (Fsp3) is 0.0833. The van der Waals surface area contributed by atoms with Crippen LogP contribution in [0.2, 0.25) is 0 Å². The summed E-state index contributed by atoms with van der Waals surface area (Å²) in [6.07, 6.45) is 1.85. The van der Waals surface area contributed by atoms with E-state index in [-0.39, 0.29) is 5.56 Å². The van der Waals surface area contributed by atoms with Gasteiger partial charge in [0.2, 0.25) is 4.96 Å². The van der Waals surface area contributed by atoms with Crippen LogP contribution in [0.25, 0.3) is 11.0 Å². The summed E-state index contributed by atoms with van der Waals surface area (Å²) in [6, 6.07) is 7.78. The first kappa shape index (κ1) is 11.6. The van der Waals surface area contributed by atoms with Crippen LogP contribution in [0.5, 0.6) is 0 Å². The van der Waals surface area contributed by atoms with Gasteiger partial charge in [-0.1, -0.05) is 39.4 Å². The molecule has 18 heavy (non-hydrogen) atoms. The van der Waals surface area contributed by atoms with Crippen molar-refractivity contribution in [1.29, 1.82) is 0 Å². The number of thiazole rings is 1. The average molecular weight is 322 g/mol. The molecule has 0 aliphatic heterocycles. The van der Waals surface area contributed by atoms with Crippen molar-refractivity contribution < 1.29 is 0 Å². The second kappa shape index (κ2) is 4.29. The third-order valence-corrected chi connectivity index (χ3v) is 3.94. The van der Waals surface area contributed by atoms with Crippen molar-refractivity contribution in [2.75, 3.05) is 0 Å². The van der Waals surface area contributed by atoms with Crippen molar-refractivity contribution in [3.05, 3.63) is 55.0 Å². The molecule has 4 nitrogen and oxygen atoms in total. The maximum absolute atomic E-state index is 12.0. The van der Waals surface area contributed by atoms with E-state index in [1.165, 1.54) is 15.9 Å². The number of benzene rings is 1. The molecule has 0 saturated carbocycles. The summed E-state index contributed by atoms with van der Waals surface area (Å²) >= 11 is 4.73. The van der Waals surface area contributed by atoms with E-state index in [1.54, 1.807) is 6.92 Å². The van der Waals surface area contributed by atoms with Crippen molar-refractivity contribution in [3.8, 4) is 0 Å². The van der Waals surface area contributed by atoms with Gasteiger partial charge in [0.25, 0.3) is 5.56 Å². The topological polar surface area (TPSA) is 47.3 Å². The van der Waals surface area contributed by atoms with Crippen molar-refractivity contribution in [1.82, 2.24) is 14.6 Å². The molecule has 90 valence electrons. The van der Waals surface area contributed by atoms with Crippen LogP contribution in [0.1, 0.15) is 11.4 Å². The fourth-order valence-electron chi connectivity index (χ4n) is 1.64. The summed E-state index contributed by atoms with van der Waals surface area (Å²) in [6.45, 7) is 1.78. The van der Waals surface area contributed by atoms with Crippen LogP contribution in [0.15, 0.2) is 33.5 Å². The molecular weight excluding hydrogens is 314 g/mol. The number of nitrogens with zero attached hydrogens (tertiary/aromatic N) is 3. The van der Waals surface area contributed by atoms with Crippen molar-refractivity contribution in [2.45, 2.75) is 6.92 Å². The first-order chi connectivity index (χ1) is 8.63. The zero-order valence-electron chi connectivity index (χ0n) is 9.42. The van der Waals surface area contributed by atoms with Gasteiger partial charge in [0, 0.05) is 4.47 Å². The van der Waals surface area contributed by atoms with Crippen LogP contribution >= 0.6 is 27.3 Å². The third kappa shape index (κ3) is 1.97. The Morgan fingerprint density at radius 2 is 2.06 bits per heavy atom. The van der Waals surface area contributed by atoms with Crippen LogP contribution < -0.4 is 10.1 Å². The van der Waals surface area contributed by atoms with Crippen LogP contribution in [0, 0.1) is 6.92 Å². The Morgan fingerprint density at radius 1 is 1.33 bits per heavy atom. The predicted molar refractivity (Wildman–Crippen MR) is 74.8 cm³/mol. The van der Waals surface area contributed by atoms with E-state index in [1.807, 2.05) is 30.3 Å². The van der Waals surface area contributed by atoms with Gasteiger partial charge in [0.05, 0.1) is 4.53 Å². The van der Waals surface area contributed by atoms with E-state index >= 15 is 0 Å². The highest BCUT2D eigenvalue weighted by Gasteiger charge is 2.07. The molecule has 0 unspecified atom stereocenters. The van der Waals surface area contributed by atoms with E-state index in [2.05, 4.69) is 26.0 Å². The quantitative estimate of drug-likeness (QED) is 0.686. The highest BCUT2D eigenvalue weighted by molar-refractivity contribution is 9.10. The Bertz CT molecular complexity index is 819. The summed E-state index contributed by atoms with van der Waals surface area (Å²) < 4.78 is 3.01. The highest BCUT2D eigenvalue weighted by atomic mass is 79.9. The molecule has 0 aliphatic carbocycles. The summed E-state index contributed by atoms with van der Waals surface area (Å²) in [5.74, 6) is 0.619. The van der Waals surface area contributed by atoms with Crippen molar-refractivity contribution in [3.63, 3.8) is 0 Å². The maximum Gasteiger partial charge on any atom is 0.291 e. The zero-order chi connectivity index (χ0) is 12.7. The van der Waals surface area contributed by atoms with Crippen LogP contribution in [0.3, 0.4) is 0 Å². The fourth-order valence-corrected chi connectivity index (χ4v) is 2.86. The second-order valence-electron chi connectivity index (χ2n) is 3.82. The molecule has 0 fully saturated rings. The predicted octanol–water partition coefficient (Wildman–Crippen LogP) is 1.77. The molecule has 0 bridgehead atoms. The molecule has 0 radical (unpaired) electrons. The Morgan fingerprint density at radius 3 is 2.72 bits per heavy atom. The van der Waals surface area contributed by atoms with Gasteiger partial charge in [0.15, 0.2) is 0 Å². The highest BCUT2D eigenvalue weighted by Crippen LogP contribution is 2.11. The molecule has 0 aliphatic rings. The molecule has 6 heteroatoms. The lowest BCUT2D eigenvalue weighted by atomic mass is 10.2. The minimum atomic E-state index is -0.112. The van der Waals surface area contributed by atoms with Gasteiger partial charge in [-0.25, -0.2) is 4.98 Å². The molecule has 2 aromatic heterocycles. The van der Waals surface area contributed by atoms with Crippen LogP contribution in [-0.4, -0.2) is 14.6 Å². The lowest BCUT2D eigenvalue weighted by Gasteiger charge is -1.91. The van der Waals surface area contributed by atoms with E-state index in [9.17, 15) is 4.79 Å². The molecule has 0 N–H and O–H groups in total. The van der Waals surface area contributed by atoms with Gasteiger partial charge in [-0.3, -0.25) is 4.79 Å². The van der Waals surface area contributed by atoms with E-state index < -0.39 is 0 Å². The molecule has 0 atom stereocenters. The zero-order valence-corrected chi connectivity index (χ0v) is 11.8. The van der Waals surface area contributed by atoms with Crippen LogP contribution in [-0.2, 0) is 0 Å². The third-order valence-electron chi connectivity index (χ3n) is 2.46. The van der Waals surface area contributed by atoms with Gasteiger partial charge in [-0.05, 0) is 30.7 Å². The number of fused-ring (bicyclic) bond motifs is 1. The van der Waals surface area contributed by atoms with Crippen LogP contribution in [0.4, 0.5) is 0 Å². The molecular formula is C12H8BrN3OS. The maximum atomic E-state index is 12.0. The first-order valence-corrected chi connectivity index (χ1v) is 6.88. The number of aryl methyl sites for hydroxylation is 1. The number of halogens is 1. The van der Waals surface area contributed by atoms with E-state index in [0.29, 0.717) is 15.3 Å². The Balaban J connectivity index is 2.19. The monoisotopic (exact) mass is 321 g/mol. The second-order valence-corrected chi connectivity index (χ2v) is 5.75. The smallest absolute Gasteiger partial charge is 0.266 e. The summed E-state index contributed by atoms with van der Waals surface area (Å²) in [5, 5.41) is 4.07. The minimum Gasteiger partial charge on any atom is -0.266 e. The lowest BCUT2D eigenvalue weighted by Crippen LogP contribution is -2.23. The average Bonchev–Trinajstić information content (AvgIpc) is 2.82. The van der Waals surface area contributed by atoms with Gasteiger partial charge in [-0.2, -0.15) is 4.52 Å². The summed E-state index contributed by atoms with van der Waals surface area (Å²) in [4.78, 5) is 16.9. The normalized spacial score (nSPS) is 12.4. The Hall–Kier alpha value is -1.53. The first-order valence-electron chi connectivity index (χ1n) is 5.27. The standard InChI is InChI=1S/C12H8BrN3OS/c1-7-14-12-16(15-7)11(17)10(18-12)6-8-2-4-9(13)5-3-8/h2-6H,1H3/b10-6-. The molecule has 0 amide bonds. The molecule has 3 rings (SSSR count). The Kier molecular flexibility index (Phi) is 2.76. The summed E-state index contributed by atoms with van der Waals surface area (Å²) in [7, 11) is 0. The molecule has 0 spiro atoms. The molecule has 1 aromatic carbocycles. The SMILES string of the molecule is Cc1nc2s/c(=C\c3ccc(Br)cc3)c(=O)n2n1. The number of rotatable bonds is 1. The molecule has 3 aromatic rings. The van der Waals surface area contributed by atoms with Crippen molar-refractivity contribution >= 4 is 38.3 Å². The lowest BCUT2D eigenvalue weighted by molar-refractivity contribution is 0.904. The Labute approximate surface area is 115 Å². The number of hydrogen-bond donors (Lipinski definition) is 0. The summed E-state index contributed by atoms with van der Waals surface area (Å²) in [5.41, 5.74) is 0.870. The number of aromatic nitrogens is 3.